The van der Waals surface area contributed by atoms with Crippen LogP contribution in [0.1, 0.15) is 22.3 Å². The third-order valence-electron chi connectivity index (χ3n) is 4.28. The number of carbonyl (C=O) groups excluding carboxylic acids is 2. The highest BCUT2D eigenvalue weighted by Gasteiger charge is 2.18. The lowest BCUT2D eigenvalue weighted by atomic mass is 10.1. The third kappa shape index (κ3) is 6.11. The first-order chi connectivity index (χ1) is 14.0. The molecular weight excluding hydrogens is 374 g/mol. The van der Waals surface area contributed by atoms with E-state index in [1.807, 2.05) is 12.1 Å². The molecule has 0 spiro atoms. The summed E-state index contributed by atoms with van der Waals surface area (Å²) in [5, 5.41) is 2.62. The molecule has 3 N–H and O–H groups in total. The number of anilines is 1. The van der Waals surface area contributed by atoms with Gasteiger partial charge in [-0.25, -0.2) is 4.79 Å². The minimum Gasteiger partial charge on any atom is -0.493 e. The van der Waals surface area contributed by atoms with Gasteiger partial charge in [0.05, 0.1) is 21.3 Å². The predicted octanol–water partition coefficient (Wildman–Crippen LogP) is 2.87. The summed E-state index contributed by atoms with van der Waals surface area (Å²) in [6.07, 6.45) is 0.114. The molecule has 8 heteroatoms. The van der Waals surface area contributed by atoms with Crippen molar-refractivity contribution in [3.05, 3.63) is 53.6 Å². The summed E-state index contributed by atoms with van der Waals surface area (Å²) in [7, 11) is 4.37. The van der Waals surface area contributed by atoms with Crippen LogP contribution in [0.4, 0.5) is 10.5 Å². The number of nitrogens with one attached hydrogen (secondary N) is 1. The standard InChI is InChI=1S/C21H27N3O5/c1-27-18-9-8-16(13-19(18)28-2)20(25)24(11-5-10-22)14-15-6-4-7-17(12-15)23-21(26)29-3/h4,6-9,12-13H,5,10-11,14,22H2,1-3H3,(H,23,26). The van der Waals surface area contributed by atoms with Crippen molar-refractivity contribution in [2.24, 2.45) is 5.73 Å². The molecular formula is C21H27N3O5. The van der Waals surface area contributed by atoms with E-state index in [0.717, 1.165) is 5.56 Å². The fraction of sp³-hybridized carbons (Fsp3) is 0.333. The van der Waals surface area contributed by atoms with Gasteiger partial charge >= 0.3 is 6.09 Å². The number of ether oxygens (including phenoxy) is 3. The molecule has 0 radical (unpaired) electrons. The smallest absolute Gasteiger partial charge is 0.411 e. The summed E-state index contributed by atoms with van der Waals surface area (Å²) in [5.74, 6) is 0.895. The van der Waals surface area contributed by atoms with Crippen LogP contribution in [0, 0.1) is 0 Å². The second-order valence-corrected chi connectivity index (χ2v) is 6.26. The lowest BCUT2D eigenvalue weighted by Gasteiger charge is -2.23. The Morgan fingerprint density at radius 1 is 1.03 bits per heavy atom. The number of amides is 2. The Kier molecular flexibility index (Phi) is 8.29. The van der Waals surface area contributed by atoms with Gasteiger partial charge in [-0.2, -0.15) is 0 Å². The van der Waals surface area contributed by atoms with Crippen molar-refractivity contribution < 1.29 is 23.8 Å². The molecule has 0 atom stereocenters. The minimum absolute atomic E-state index is 0.147. The van der Waals surface area contributed by atoms with Crippen LogP contribution in [0.25, 0.3) is 0 Å². The Morgan fingerprint density at radius 3 is 2.45 bits per heavy atom. The number of carbonyl (C=O) groups is 2. The van der Waals surface area contributed by atoms with E-state index in [0.29, 0.717) is 48.8 Å². The predicted molar refractivity (Wildman–Crippen MR) is 110 cm³/mol. The summed E-state index contributed by atoms with van der Waals surface area (Å²) in [6.45, 7) is 1.34. The monoisotopic (exact) mass is 401 g/mol. The number of methoxy groups -OCH3 is 3. The number of nitrogens with zero attached hydrogens (tertiary/aromatic N) is 1. The molecule has 29 heavy (non-hydrogen) atoms. The van der Waals surface area contributed by atoms with Crippen LogP contribution in [-0.4, -0.2) is 51.3 Å². The molecule has 0 saturated heterocycles. The summed E-state index contributed by atoms with van der Waals surface area (Å²) in [6, 6.07) is 12.3. The molecule has 2 aromatic rings. The Hall–Kier alpha value is -3.26. The maximum atomic E-state index is 13.1. The third-order valence-corrected chi connectivity index (χ3v) is 4.28. The number of hydrogen-bond acceptors (Lipinski definition) is 6. The molecule has 0 aliphatic heterocycles. The lowest BCUT2D eigenvalue weighted by molar-refractivity contribution is 0.0741. The normalized spacial score (nSPS) is 10.2. The largest absolute Gasteiger partial charge is 0.493 e. The SMILES string of the molecule is COC(=O)Nc1cccc(CN(CCCN)C(=O)c2ccc(OC)c(OC)c2)c1. The first-order valence-electron chi connectivity index (χ1n) is 9.17. The van der Waals surface area contributed by atoms with Crippen molar-refractivity contribution in [2.75, 3.05) is 39.7 Å². The molecule has 0 saturated carbocycles. The highest BCUT2D eigenvalue weighted by molar-refractivity contribution is 5.95. The summed E-state index contributed by atoms with van der Waals surface area (Å²) < 4.78 is 15.2. The average molecular weight is 401 g/mol. The van der Waals surface area contributed by atoms with Crippen molar-refractivity contribution in [3.8, 4) is 11.5 Å². The van der Waals surface area contributed by atoms with Crippen LogP contribution in [0.15, 0.2) is 42.5 Å². The number of rotatable bonds is 9. The van der Waals surface area contributed by atoms with Gasteiger partial charge in [-0.05, 0) is 48.9 Å². The van der Waals surface area contributed by atoms with E-state index in [1.165, 1.54) is 14.2 Å². The van der Waals surface area contributed by atoms with E-state index in [1.54, 1.807) is 42.3 Å². The van der Waals surface area contributed by atoms with Gasteiger partial charge in [0.25, 0.3) is 5.91 Å². The Balaban J connectivity index is 2.24. The van der Waals surface area contributed by atoms with E-state index >= 15 is 0 Å². The van der Waals surface area contributed by atoms with Crippen LogP contribution in [0.5, 0.6) is 11.5 Å². The molecule has 0 unspecified atom stereocenters. The van der Waals surface area contributed by atoms with Gasteiger partial charge < -0.3 is 24.8 Å². The van der Waals surface area contributed by atoms with Crippen LogP contribution in [0.3, 0.4) is 0 Å². The molecule has 8 nitrogen and oxygen atoms in total. The molecule has 0 bridgehead atoms. The Labute approximate surface area is 170 Å². The maximum Gasteiger partial charge on any atom is 0.411 e. The quantitative estimate of drug-likeness (QED) is 0.670. The van der Waals surface area contributed by atoms with Crippen molar-refractivity contribution in [1.82, 2.24) is 4.90 Å². The summed E-state index contributed by atoms with van der Waals surface area (Å²) >= 11 is 0. The number of benzene rings is 2. The van der Waals surface area contributed by atoms with Gasteiger partial charge in [-0.1, -0.05) is 12.1 Å². The van der Waals surface area contributed by atoms with E-state index in [9.17, 15) is 9.59 Å². The van der Waals surface area contributed by atoms with Gasteiger partial charge in [0.2, 0.25) is 0 Å². The highest BCUT2D eigenvalue weighted by Crippen LogP contribution is 2.28. The van der Waals surface area contributed by atoms with Crippen molar-refractivity contribution >= 4 is 17.7 Å². The van der Waals surface area contributed by atoms with Gasteiger partial charge in [0, 0.05) is 24.3 Å². The zero-order chi connectivity index (χ0) is 21.2. The van der Waals surface area contributed by atoms with Gasteiger partial charge in [0.15, 0.2) is 11.5 Å². The van der Waals surface area contributed by atoms with Gasteiger partial charge in [-0.15, -0.1) is 0 Å². The second kappa shape index (κ2) is 10.9. The zero-order valence-corrected chi connectivity index (χ0v) is 16.9. The lowest BCUT2D eigenvalue weighted by Crippen LogP contribution is -2.32. The minimum atomic E-state index is -0.552. The van der Waals surface area contributed by atoms with E-state index in [4.69, 9.17) is 15.2 Å². The van der Waals surface area contributed by atoms with Crippen molar-refractivity contribution in [3.63, 3.8) is 0 Å². The van der Waals surface area contributed by atoms with Crippen molar-refractivity contribution in [1.29, 1.82) is 0 Å². The van der Waals surface area contributed by atoms with Crippen LogP contribution in [0.2, 0.25) is 0 Å². The molecule has 0 heterocycles. The Bertz CT molecular complexity index is 841. The second-order valence-electron chi connectivity index (χ2n) is 6.26. The molecule has 2 rings (SSSR count). The Morgan fingerprint density at radius 2 is 1.79 bits per heavy atom. The number of nitrogens with two attached hydrogens (primary N) is 1. The van der Waals surface area contributed by atoms with Gasteiger partial charge in [-0.3, -0.25) is 10.1 Å². The zero-order valence-electron chi connectivity index (χ0n) is 16.9. The van der Waals surface area contributed by atoms with E-state index in [2.05, 4.69) is 10.1 Å². The average Bonchev–Trinajstić information content (AvgIpc) is 2.75. The maximum absolute atomic E-state index is 13.1. The first kappa shape index (κ1) is 22.0. The highest BCUT2D eigenvalue weighted by atomic mass is 16.5. The topological polar surface area (TPSA) is 103 Å². The molecule has 0 aliphatic rings. The van der Waals surface area contributed by atoms with E-state index < -0.39 is 6.09 Å². The molecule has 0 aromatic heterocycles. The number of hydrogen-bond donors (Lipinski definition) is 2. The van der Waals surface area contributed by atoms with Crippen molar-refractivity contribution in [2.45, 2.75) is 13.0 Å². The summed E-state index contributed by atoms with van der Waals surface area (Å²) in [4.78, 5) is 26.3. The van der Waals surface area contributed by atoms with E-state index in [-0.39, 0.29) is 5.91 Å². The first-order valence-corrected chi connectivity index (χ1v) is 9.17. The van der Waals surface area contributed by atoms with Crippen LogP contribution >= 0.6 is 0 Å². The fourth-order valence-corrected chi connectivity index (χ4v) is 2.82. The molecule has 0 aliphatic carbocycles. The fourth-order valence-electron chi connectivity index (χ4n) is 2.82. The van der Waals surface area contributed by atoms with Gasteiger partial charge in [0.1, 0.15) is 0 Å². The molecule has 0 fully saturated rings. The van der Waals surface area contributed by atoms with Crippen LogP contribution < -0.4 is 20.5 Å². The van der Waals surface area contributed by atoms with Crippen LogP contribution in [-0.2, 0) is 11.3 Å². The molecule has 2 aromatic carbocycles. The summed E-state index contributed by atoms with van der Waals surface area (Å²) in [5.41, 5.74) is 7.60. The molecule has 2 amide bonds. The molecule has 156 valence electrons.